The number of nitrogens with zero attached hydrogens (tertiary/aromatic N) is 1. The molecule has 1 aromatic heterocycles. The van der Waals surface area contributed by atoms with Gasteiger partial charge >= 0.3 is 0 Å². The molecule has 0 saturated heterocycles. The number of hydrogen-bond acceptors (Lipinski definition) is 3. The summed E-state index contributed by atoms with van der Waals surface area (Å²) >= 11 is 0. The molecule has 4 heteroatoms. The van der Waals surface area contributed by atoms with Crippen LogP contribution in [0.3, 0.4) is 0 Å². The van der Waals surface area contributed by atoms with Gasteiger partial charge in [0, 0.05) is 46.5 Å². The average molecular weight is 366 g/mol. The molecule has 0 radical (unpaired) electrons. The maximum absolute atomic E-state index is 13.8. The van der Waals surface area contributed by atoms with Crippen molar-refractivity contribution in [2.24, 2.45) is 7.05 Å². The van der Waals surface area contributed by atoms with Gasteiger partial charge in [-0.15, -0.1) is 0 Å². The van der Waals surface area contributed by atoms with E-state index in [9.17, 15) is 9.59 Å². The van der Waals surface area contributed by atoms with E-state index < -0.39 is 5.54 Å². The highest BCUT2D eigenvalue weighted by Gasteiger charge is 2.54. The van der Waals surface area contributed by atoms with Gasteiger partial charge in [0.1, 0.15) is 0 Å². The van der Waals surface area contributed by atoms with Gasteiger partial charge in [-0.25, -0.2) is 0 Å². The molecule has 28 heavy (non-hydrogen) atoms. The number of carbonyl (C=O) groups excluding carboxylic acids is 2. The van der Waals surface area contributed by atoms with E-state index in [1.54, 1.807) is 18.2 Å². The van der Waals surface area contributed by atoms with Crippen LogP contribution in [0.5, 0.6) is 0 Å². The summed E-state index contributed by atoms with van der Waals surface area (Å²) in [6, 6.07) is 24.2. The van der Waals surface area contributed by atoms with E-state index in [4.69, 9.17) is 0 Å². The Hall–Kier alpha value is -3.66. The number of benzene rings is 3. The summed E-state index contributed by atoms with van der Waals surface area (Å²) in [5.41, 5.74) is 1.91. The zero-order valence-corrected chi connectivity index (χ0v) is 15.3. The Morgan fingerprint density at radius 2 is 1.57 bits per heavy atom. The van der Waals surface area contributed by atoms with E-state index in [2.05, 4.69) is 5.32 Å². The Balaban J connectivity index is 1.82. The number of ketones is 2. The van der Waals surface area contributed by atoms with Gasteiger partial charge in [0.15, 0.2) is 5.54 Å². The molecule has 0 aliphatic carbocycles. The van der Waals surface area contributed by atoms with Crippen molar-refractivity contribution in [3.05, 3.63) is 102 Å². The molecular formula is C24H18N2O2. The van der Waals surface area contributed by atoms with Crippen molar-refractivity contribution in [3.63, 3.8) is 0 Å². The van der Waals surface area contributed by atoms with E-state index in [0.29, 0.717) is 22.4 Å². The molecule has 5 rings (SSSR count). The van der Waals surface area contributed by atoms with Gasteiger partial charge in [-0.3, -0.25) is 9.59 Å². The van der Waals surface area contributed by atoms with Crippen LogP contribution in [0.2, 0.25) is 0 Å². The summed E-state index contributed by atoms with van der Waals surface area (Å²) < 4.78 is 1.96. The lowest BCUT2D eigenvalue weighted by molar-refractivity contribution is 0.0799. The third kappa shape index (κ3) is 2.12. The fourth-order valence-corrected chi connectivity index (χ4v) is 4.17. The van der Waals surface area contributed by atoms with Crippen molar-refractivity contribution >= 4 is 28.2 Å². The summed E-state index contributed by atoms with van der Waals surface area (Å²) in [7, 11) is 1.93. The van der Waals surface area contributed by atoms with E-state index in [1.165, 1.54) is 0 Å². The molecule has 1 unspecified atom stereocenters. The van der Waals surface area contributed by atoms with E-state index >= 15 is 0 Å². The van der Waals surface area contributed by atoms with Gasteiger partial charge in [0.2, 0.25) is 11.6 Å². The molecule has 1 atom stereocenters. The first-order valence-electron chi connectivity index (χ1n) is 9.19. The van der Waals surface area contributed by atoms with Crippen molar-refractivity contribution in [2.75, 3.05) is 5.32 Å². The van der Waals surface area contributed by atoms with Crippen LogP contribution in [0, 0.1) is 0 Å². The molecule has 1 N–H and O–H groups in total. The van der Waals surface area contributed by atoms with Crippen molar-refractivity contribution < 1.29 is 9.59 Å². The highest BCUT2D eigenvalue weighted by molar-refractivity contribution is 6.30. The second kappa shape index (κ2) is 5.92. The van der Waals surface area contributed by atoms with Crippen LogP contribution in [0.25, 0.3) is 10.9 Å². The molecule has 136 valence electrons. The van der Waals surface area contributed by atoms with Gasteiger partial charge in [0.25, 0.3) is 0 Å². The summed E-state index contributed by atoms with van der Waals surface area (Å²) in [5.74, 6) is -0.459. The number of para-hydroxylation sites is 2. The molecule has 0 fully saturated rings. The summed E-state index contributed by atoms with van der Waals surface area (Å²) in [5, 5.41) is 4.20. The number of aromatic nitrogens is 1. The molecule has 0 saturated carbocycles. The molecule has 0 spiro atoms. The van der Waals surface area contributed by atoms with Crippen molar-refractivity contribution in [1.82, 2.24) is 4.57 Å². The van der Waals surface area contributed by atoms with Gasteiger partial charge < -0.3 is 9.88 Å². The smallest absolute Gasteiger partial charge is 0.203 e. The number of anilines is 1. The number of aryl methyl sites for hydroxylation is 1. The molecule has 3 aromatic carbocycles. The SMILES string of the molecule is Cn1cc(C2(C(=O)c3ccccc3)Nc3ccccc3C2=O)c2ccccc21. The number of carbonyl (C=O) groups is 2. The fraction of sp³-hybridized carbons (Fsp3) is 0.0833. The minimum atomic E-state index is -1.48. The van der Waals surface area contributed by atoms with Crippen LogP contribution in [0.4, 0.5) is 5.69 Å². The van der Waals surface area contributed by atoms with Crippen molar-refractivity contribution in [3.8, 4) is 0 Å². The molecular weight excluding hydrogens is 348 g/mol. The first-order valence-corrected chi connectivity index (χ1v) is 9.19. The highest BCUT2D eigenvalue weighted by atomic mass is 16.2. The third-order valence-corrected chi connectivity index (χ3v) is 5.51. The molecule has 0 amide bonds. The molecule has 1 aliphatic heterocycles. The Labute approximate surface area is 162 Å². The largest absolute Gasteiger partial charge is 0.362 e. The molecule has 4 nitrogen and oxygen atoms in total. The van der Waals surface area contributed by atoms with E-state index in [-0.39, 0.29) is 11.6 Å². The summed E-state index contributed by atoms with van der Waals surface area (Å²) in [6.45, 7) is 0. The minimum Gasteiger partial charge on any atom is -0.362 e. The third-order valence-electron chi connectivity index (χ3n) is 5.51. The quantitative estimate of drug-likeness (QED) is 0.427. The number of fused-ring (bicyclic) bond motifs is 2. The van der Waals surface area contributed by atoms with Crippen molar-refractivity contribution in [2.45, 2.75) is 5.54 Å². The summed E-state index contributed by atoms with van der Waals surface area (Å²) in [4.78, 5) is 27.5. The maximum Gasteiger partial charge on any atom is 0.203 e. The van der Waals surface area contributed by atoms with Crippen LogP contribution in [0.1, 0.15) is 26.3 Å². The standard InChI is InChI=1S/C24H18N2O2/c1-26-15-19(17-11-6-8-14-21(17)26)24(22(27)16-9-3-2-4-10-16)23(28)18-12-5-7-13-20(18)25-24/h2-15,25H,1H3. The normalized spacial score (nSPS) is 18.1. The van der Waals surface area contributed by atoms with Gasteiger partial charge in [-0.1, -0.05) is 60.7 Å². The van der Waals surface area contributed by atoms with Crippen LogP contribution in [0.15, 0.2) is 85.1 Å². The molecule has 2 heterocycles. The van der Waals surface area contributed by atoms with Gasteiger partial charge in [-0.2, -0.15) is 0 Å². The first-order chi connectivity index (χ1) is 13.6. The zero-order chi connectivity index (χ0) is 19.3. The molecule has 0 bridgehead atoms. The number of hydrogen-bond donors (Lipinski definition) is 1. The Kier molecular flexibility index (Phi) is 3.49. The first kappa shape index (κ1) is 16.5. The summed E-state index contributed by atoms with van der Waals surface area (Å²) in [6.07, 6.45) is 1.89. The second-order valence-electron chi connectivity index (χ2n) is 7.12. The number of nitrogens with one attached hydrogen (secondary N) is 1. The van der Waals surface area contributed by atoms with E-state index in [1.807, 2.05) is 78.5 Å². The monoisotopic (exact) mass is 366 g/mol. The lowest BCUT2D eigenvalue weighted by atomic mass is 9.79. The second-order valence-corrected chi connectivity index (χ2v) is 7.12. The van der Waals surface area contributed by atoms with E-state index in [0.717, 1.165) is 10.9 Å². The molecule has 4 aromatic rings. The van der Waals surface area contributed by atoms with Crippen LogP contribution < -0.4 is 5.32 Å². The zero-order valence-electron chi connectivity index (χ0n) is 15.3. The Morgan fingerprint density at radius 3 is 2.36 bits per heavy atom. The Bertz CT molecular complexity index is 1240. The topological polar surface area (TPSA) is 51.1 Å². The number of Topliss-reactive ketones (excluding diaryl/α,β-unsaturated/α-hetero) is 2. The average Bonchev–Trinajstić information content (AvgIpc) is 3.24. The van der Waals surface area contributed by atoms with Crippen LogP contribution in [-0.2, 0) is 12.6 Å². The molecule has 1 aliphatic rings. The number of rotatable bonds is 3. The van der Waals surface area contributed by atoms with Crippen molar-refractivity contribution in [1.29, 1.82) is 0 Å². The van der Waals surface area contributed by atoms with Crippen LogP contribution >= 0.6 is 0 Å². The Morgan fingerprint density at radius 1 is 0.893 bits per heavy atom. The maximum atomic E-state index is 13.8. The fourth-order valence-electron chi connectivity index (χ4n) is 4.17. The lowest BCUT2D eigenvalue weighted by Gasteiger charge is -2.27. The lowest BCUT2D eigenvalue weighted by Crippen LogP contribution is -2.46. The predicted octanol–water partition coefficient (Wildman–Crippen LogP) is 4.56. The predicted molar refractivity (Wildman–Crippen MR) is 110 cm³/mol. The minimum absolute atomic E-state index is 0.215. The highest BCUT2D eigenvalue weighted by Crippen LogP contribution is 2.44. The van der Waals surface area contributed by atoms with Crippen LogP contribution in [-0.4, -0.2) is 16.1 Å². The van der Waals surface area contributed by atoms with Gasteiger partial charge in [0.05, 0.1) is 0 Å². The van der Waals surface area contributed by atoms with Gasteiger partial charge in [-0.05, 0) is 18.2 Å².